The van der Waals surface area contributed by atoms with Crippen molar-refractivity contribution in [3.63, 3.8) is 0 Å². The van der Waals surface area contributed by atoms with Crippen molar-refractivity contribution in [3.05, 3.63) is 48.0 Å². The van der Waals surface area contributed by atoms with Crippen LogP contribution in [0, 0.1) is 0 Å². The SMILES string of the molecule is CC(C)(CC(=O)C(F)(F)F)c1ccc2ccccc2c1. The molecule has 2 aromatic rings. The molecule has 0 saturated heterocycles. The van der Waals surface area contributed by atoms with Crippen molar-refractivity contribution < 1.29 is 18.0 Å². The van der Waals surface area contributed by atoms with Crippen LogP contribution in [-0.2, 0) is 10.2 Å². The number of benzene rings is 2. The van der Waals surface area contributed by atoms with Gasteiger partial charge in [0.2, 0.25) is 5.78 Å². The first-order chi connectivity index (χ1) is 9.20. The van der Waals surface area contributed by atoms with Crippen LogP contribution in [0.2, 0.25) is 0 Å². The Balaban J connectivity index is 2.34. The number of hydrogen-bond acceptors (Lipinski definition) is 1. The highest BCUT2D eigenvalue weighted by Crippen LogP contribution is 2.32. The van der Waals surface area contributed by atoms with Crippen LogP contribution in [0.5, 0.6) is 0 Å². The molecular weight excluding hydrogens is 265 g/mol. The van der Waals surface area contributed by atoms with Gasteiger partial charge in [-0.3, -0.25) is 4.79 Å². The van der Waals surface area contributed by atoms with Crippen LogP contribution in [0.25, 0.3) is 10.8 Å². The molecule has 20 heavy (non-hydrogen) atoms. The molecular formula is C16H15F3O. The van der Waals surface area contributed by atoms with Crippen molar-refractivity contribution in [3.8, 4) is 0 Å². The summed E-state index contributed by atoms with van der Waals surface area (Å²) in [6.07, 6.45) is -5.32. The average Bonchev–Trinajstić information content (AvgIpc) is 2.36. The molecule has 0 aliphatic carbocycles. The zero-order valence-corrected chi connectivity index (χ0v) is 11.3. The summed E-state index contributed by atoms with van der Waals surface area (Å²) in [5.41, 5.74) is -0.120. The first-order valence-electron chi connectivity index (χ1n) is 6.29. The molecule has 0 radical (unpaired) electrons. The summed E-state index contributed by atoms with van der Waals surface area (Å²) in [4.78, 5) is 11.2. The third-order valence-corrected chi connectivity index (χ3v) is 3.45. The van der Waals surface area contributed by atoms with E-state index in [9.17, 15) is 18.0 Å². The van der Waals surface area contributed by atoms with Gasteiger partial charge in [0, 0.05) is 6.42 Å². The minimum Gasteiger partial charge on any atom is -0.290 e. The molecule has 2 aromatic carbocycles. The number of carbonyl (C=O) groups is 1. The van der Waals surface area contributed by atoms with Gasteiger partial charge in [-0.2, -0.15) is 13.2 Å². The second-order valence-electron chi connectivity index (χ2n) is 5.54. The largest absolute Gasteiger partial charge is 0.450 e. The van der Waals surface area contributed by atoms with E-state index in [4.69, 9.17) is 0 Å². The highest BCUT2D eigenvalue weighted by molar-refractivity contribution is 5.86. The number of alkyl halides is 3. The normalized spacial score (nSPS) is 12.7. The van der Waals surface area contributed by atoms with Crippen molar-refractivity contribution in [2.75, 3.05) is 0 Å². The number of halogens is 3. The van der Waals surface area contributed by atoms with E-state index in [1.165, 1.54) is 0 Å². The highest BCUT2D eigenvalue weighted by Gasteiger charge is 2.41. The molecule has 0 unspecified atom stereocenters. The lowest BCUT2D eigenvalue weighted by atomic mass is 9.79. The van der Waals surface area contributed by atoms with Gasteiger partial charge in [-0.1, -0.05) is 56.3 Å². The van der Waals surface area contributed by atoms with Crippen LogP contribution in [0.15, 0.2) is 42.5 Å². The zero-order chi connectivity index (χ0) is 15.0. The van der Waals surface area contributed by atoms with E-state index in [0.717, 1.165) is 16.3 Å². The number of ketones is 1. The second-order valence-corrected chi connectivity index (χ2v) is 5.54. The topological polar surface area (TPSA) is 17.1 Å². The molecule has 0 aliphatic rings. The number of carbonyl (C=O) groups excluding carboxylic acids is 1. The van der Waals surface area contributed by atoms with Gasteiger partial charge >= 0.3 is 6.18 Å². The van der Waals surface area contributed by atoms with Gasteiger partial charge in [0.25, 0.3) is 0 Å². The Morgan fingerprint density at radius 2 is 1.60 bits per heavy atom. The Morgan fingerprint density at radius 3 is 2.20 bits per heavy atom. The van der Waals surface area contributed by atoms with Crippen molar-refractivity contribution in [2.45, 2.75) is 31.9 Å². The molecule has 0 saturated carbocycles. The lowest BCUT2D eigenvalue weighted by Crippen LogP contribution is -2.30. The summed E-state index contributed by atoms with van der Waals surface area (Å²) in [6.45, 7) is 3.31. The van der Waals surface area contributed by atoms with Gasteiger partial charge in [-0.25, -0.2) is 0 Å². The van der Waals surface area contributed by atoms with Crippen molar-refractivity contribution in [2.24, 2.45) is 0 Å². The fourth-order valence-corrected chi connectivity index (χ4v) is 2.21. The Hall–Kier alpha value is -1.84. The van der Waals surface area contributed by atoms with Crippen LogP contribution in [0.4, 0.5) is 13.2 Å². The summed E-state index contributed by atoms with van der Waals surface area (Å²) in [5.74, 6) is -1.68. The molecule has 0 amide bonds. The molecule has 0 N–H and O–H groups in total. The molecule has 106 valence electrons. The minimum absolute atomic E-state index is 0.547. The van der Waals surface area contributed by atoms with E-state index in [-0.39, 0.29) is 0 Å². The summed E-state index contributed by atoms with van der Waals surface area (Å²) >= 11 is 0. The smallest absolute Gasteiger partial charge is 0.290 e. The Labute approximate surface area is 115 Å². The molecule has 0 fully saturated rings. The minimum atomic E-state index is -4.77. The molecule has 0 bridgehead atoms. The summed E-state index contributed by atoms with van der Waals surface area (Å²) in [7, 11) is 0. The first kappa shape index (κ1) is 14.6. The molecule has 0 aliphatic heterocycles. The number of fused-ring (bicyclic) bond motifs is 1. The van der Waals surface area contributed by atoms with E-state index in [2.05, 4.69) is 0 Å². The summed E-state index contributed by atoms with van der Waals surface area (Å²) in [5, 5.41) is 1.98. The van der Waals surface area contributed by atoms with E-state index in [0.29, 0.717) is 0 Å². The molecule has 0 heterocycles. The van der Waals surface area contributed by atoms with Crippen LogP contribution in [0.3, 0.4) is 0 Å². The van der Waals surface area contributed by atoms with Gasteiger partial charge in [0.1, 0.15) is 0 Å². The van der Waals surface area contributed by atoms with Crippen LogP contribution < -0.4 is 0 Å². The van der Waals surface area contributed by atoms with Crippen molar-refractivity contribution in [1.82, 2.24) is 0 Å². The van der Waals surface area contributed by atoms with Gasteiger partial charge in [-0.05, 0) is 21.8 Å². The molecule has 2 rings (SSSR count). The third-order valence-electron chi connectivity index (χ3n) is 3.45. The maximum atomic E-state index is 12.4. The average molecular weight is 280 g/mol. The van der Waals surface area contributed by atoms with E-state index in [1.54, 1.807) is 19.9 Å². The maximum Gasteiger partial charge on any atom is 0.450 e. The Bertz CT molecular complexity index is 641. The standard InChI is InChI=1S/C16H15F3O/c1-15(2,10-14(20)16(17,18)19)13-8-7-11-5-3-4-6-12(11)9-13/h3-9H,10H2,1-2H3. The number of hydrogen-bond donors (Lipinski definition) is 0. The fraction of sp³-hybridized carbons (Fsp3) is 0.312. The highest BCUT2D eigenvalue weighted by atomic mass is 19.4. The quantitative estimate of drug-likeness (QED) is 0.800. The number of rotatable bonds is 3. The second kappa shape index (κ2) is 4.93. The fourth-order valence-electron chi connectivity index (χ4n) is 2.21. The van der Waals surface area contributed by atoms with Crippen molar-refractivity contribution >= 4 is 16.6 Å². The van der Waals surface area contributed by atoms with Gasteiger partial charge < -0.3 is 0 Å². The summed E-state index contributed by atoms with van der Waals surface area (Å²) in [6, 6.07) is 13.1. The number of Topliss-reactive ketones (excluding diaryl/α,β-unsaturated/α-hetero) is 1. The van der Waals surface area contributed by atoms with Gasteiger partial charge in [0.05, 0.1) is 0 Å². The molecule has 4 heteroatoms. The zero-order valence-electron chi connectivity index (χ0n) is 11.3. The lowest BCUT2D eigenvalue weighted by Gasteiger charge is -2.25. The Morgan fingerprint density at radius 1 is 1.00 bits per heavy atom. The van der Waals surface area contributed by atoms with E-state index >= 15 is 0 Å². The molecule has 0 spiro atoms. The molecule has 0 atom stereocenters. The van der Waals surface area contributed by atoms with E-state index < -0.39 is 23.8 Å². The molecule has 0 aromatic heterocycles. The Kier molecular flexibility index (Phi) is 3.59. The maximum absolute atomic E-state index is 12.4. The van der Waals surface area contributed by atoms with Crippen LogP contribution >= 0.6 is 0 Å². The lowest BCUT2D eigenvalue weighted by molar-refractivity contribution is -0.172. The van der Waals surface area contributed by atoms with E-state index in [1.807, 2.05) is 36.4 Å². The molecule has 1 nitrogen and oxygen atoms in total. The third kappa shape index (κ3) is 3.00. The monoisotopic (exact) mass is 280 g/mol. The van der Waals surface area contributed by atoms with Crippen LogP contribution in [-0.4, -0.2) is 12.0 Å². The van der Waals surface area contributed by atoms with Crippen LogP contribution in [0.1, 0.15) is 25.8 Å². The van der Waals surface area contributed by atoms with Gasteiger partial charge in [0.15, 0.2) is 0 Å². The van der Waals surface area contributed by atoms with Crippen molar-refractivity contribution in [1.29, 1.82) is 0 Å². The van der Waals surface area contributed by atoms with Gasteiger partial charge in [-0.15, -0.1) is 0 Å². The summed E-state index contributed by atoms with van der Waals surface area (Å²) < 4.78 is 37.2. The predicted octanol–water partition coefficient (Wildman–Crippen LogP) is 4.64. The first-order valence-corrected chi connectivity index (χ1v) is 6.29. The predicted molar refractivity (Wildman–Crippen MR) is 72.7 cm³/mol.